The molecule has 1 aliphatic heterocycles. The second-order valence-electron chi connectivity index (χ2n) is 6.66. The van der Waals surface area contributed by atoms with E-state index in [1.165, 1.54) is 25.7 Å². The number of amides is 2. The van der Waals surface area contributed by atoms with Gasteiger partial charge in [0.05, 0.1) is 13.2 Å². The molecule has 0 saturated carbocycles. The molecule has 1 aliphatic rings. The highest BCUT2D eigenvalue weighted by Crippen LogP contribution is 2.18. The zero-order chi connectivity index (χ0) is 17.9. The summed E-state index contributed by atoms with van der Waals surface area (Å²) in [5.41, 5.74) is 1.04. The Hall–Kier alpha value is -1.82. The van der Waals surface area contributed by atoms with Gasteiger partial charge in [-0.05, 0) is 19.4 Å². The van der Waals surface area contributed by atoms with Crippen LogP contribution in [0.15, 0.2) is 18.3 Å². The largest absolute Gasteiger partial charge is 0.378 e. The zero-order valence-electron chi connectivity index (χ0n) is 15.6. The molecule has 1 aromatic rings. The number of ether oxygens (including phenoxy) is 1. The highest BCUT2D eigenvalue weighted by molar-refractivity contribution is 5.74. The van der Waals surface area contributed by atoms with Crippen LogP contribution in [0.3, 0.4) is 0 Å². The SMILES string of the molecule is CCCCCCC(C)NC(=O)NCc1cccnc1N1CCOCC1. The third-order valence-corrected chi connectivity index (χ3v) is 4.49. The molecule has 1 fully saturated rings. The summed E-state index contributed by atoms with van der Waals surface area (Å²) in [6.45, 7) is 7.87. The summed E-state index contributed by atoms with van der Waals surface area (Å²) < 4.78 is 5.40. The molecule has 2 heterocycles. The Morgan fingerprint density at radius 3 is 2.88 bits per heavy atom. The number of carbonyl (C=O) groups is 1. The highest BCUT2D eigenvalue weighted by Gasteiger charge is 2.16. The molecule has 0 aromatic carbocycles. The number of unbranched alkanes of at least 4 members (excludes halogenated alkanes) is 3. The van der Waals surface area contributed by atoms with Gasteiger partial charge in [-0.25, -0.2) is 9.78 Å². The number of urea groups is 1. The van der Waals surface area contributed by atoms with E-state index in [0.29, 0.717) is 6.54 Å². The van der Waals surface area contributed by atoms with Crippen LogP contribution in [0, 0.1) is 0 Å². The molecule has 1 saturated heterocycles. The summed E-state index contributed by atoms with van der Waals surface area (Å²) in [6, 6.07) is 4.02. The van der Waals surface area contributed by atoms with Crippen molar-refractivity contribution >= 4 is 11.8 Å². The van der Waals surface area contributed by atoms with E-state index in [2.05, 4.69) is 34.4 Å². The fourth-order valence-corrected chi connectivity index (χ4v) is 3.03. The molecular formula is C19H32N4O2. The lowest BCUT2D eigenvalue weighted by molar-refractivity contribution is 0.122. The number of nitrogens with one attached hydrogen (secondary N) is 2. The van der Waals surface area contributed by atoms with Crippen LogP contribution in [0.25, 0.3) is 0 Å². The van der Waals surface area contributed by atoms with Gasteiger partial charge in [0, 0.05) is 37.4 Å². The lowest BCUT2D eigenvalue weighted by atomic mass is 10.1. The van der Waals surface area contributed by atoms with E-state index in [-0.39, 0.29) is 12.1 Å². The van der Waals surface area contributed by atoms with Crippen LogP contribution in [0.2, 0.25) is 0 Å². The van der Waals surface area contributed by atoms with Gasteiger partial charge in [0.1, 0.15) is 5.82 Å². The molecule has 0 aliphatic carbocycles. The minimum Gasteiger partial charge on any atom is -0.378 e. The lowest BCUT2D eigenvalue weighted by Gasteiger charge is -2.29. The maximum absolute atomic E-state index is 12.1. The van der Waals surface area contributed by atoms with Crippen LogP contribution in [0.1, 0.15) is 51.5 Å². The Bertz CT molecular complexity index is 518. The van der Waals surface area contributed by atoms with Crippen molar-refractivity contribution in [3.8, 4) is 0 Å². The predicted molar refractivity (Wildman–Crippen MR) is 101 cm³/mol. The Balaban J connectivity index is 1.77. The van der Waals surface area contributed by atoms with Crippen molar-refractivity contribution in [3.05, 3.63) is 23.9 Å². The quantitative estimate of drug-likeness (QED) is 0.673. The van der Waals surface area contributed by atoms with E-state index in [4.69, 9.17) is 4.74 Å². The van der Waals surface area contributed by atoms with E-state index in [0.717, 1.165) is 44.1 Å². The van der Waals surface area contributed by atoms with Crippen molar-refractivity contribution in [2.45, 2.75) is 58.5 Å². The average Bonchev–Trinajstić information content (AvgIpc) is 2.64. The number of morpholine rings is 1. The van der Waals surface area contributed by atoms with Crippen LogP contribution in [-0.2, 0) is 11.3 Å². The van der Waals surface area contributed by atoms with Crippen LogP contribution in [-0.4, -0.2) is 43.4 Å². The second kappa shape index (κ2) is 10.9. The molecule has 0 bridgehead atoms. The summed E-state index contributed by atoms with van der Waals surface area (Å²) in [5.74, 6) is 0.943. The molecule has 1 aromatic heterocycles. The van der Waals surface area contributed by atoms with Crippen LogP contribution in [0.5, 0.6) is 0 Å². The highest BCUT2D eigenvalue weighted by atomic mass is 16.5. The maximum atomic E-state index is 12.1. The minimum atomic E-state index is -0.111. The Kier molecular flexibility index (Phi) is 8.52. The first kappa shape index (κ1) is 19.5. The van der Waals surface area contributed by atoms with Gasteiger partial charge in [-0.2, -0.15) is 0 Å². The molecule has 1 atom stereocenters. The van der Waals surface area contributed by atoms with E-state index in [9.17, 15) is 4.79 Å². The van der Waals surface area contributed by atoms with E-state index in [1.54, 1.807) is 6.20 Å². The van der Waals surface area contributed by atoms with Crippen molar-refractivity contribution in [1.82, 2.24) is 15.6 Å². The topological polar surface area (TPSA) is 66.5 Å². The number of hydrogen-bond acceptors (Lipinski definition) is 4. The molecule has 6 nitrogen and oxygen atoms in total. The normalized spacial score (nSPS) is 15.7. The van der Waals surface area contributed by atoms with Crippen molar-refractivity contribution in [2.24, 2.45) is 0 Å². The first-order valence-electron chi connectivity index (χ1n) is 9.51. The van der Waals surface area contributed by atoms with Crippen molar-refractivity contribution in [3.63, 3.8) is 0 Å². The second-order valence-corrected chi connectivity index (χ2v) is 6.66. The monoisotopic (exact) mass is 348 g/mol. The summed E-state index contributed by atoms with van der Waals surface area (Å²) in [7, 11) is 0. The number of rotatable bonds is 9. The van der Waals surface area contributed by atoms with Gasteiger partial charge in [0.2, 0.25) is 0 Å². The summed E-state index contributed by atoms with van der Waals surface area (Å²) in [4.78, 5) is 18.8. The molecule has 2 N–H and O–H groups in total. The zero-order valence-corrected chi connectivity index (χ0v) is 15.6. The van der Waals surface area contributed by atoms with Gasteiger partial charge in [0.25, 0.3) is 0 Å². The summed E-state index contributed by atoms with van der Waals surface area (Å²) in [6.07, 6.45) is 7.73. The van der Waals surface area contributed by atoms with Crippen LogP contribution < -0.4 is 15.5 Å². The Morgan fingerprint density at radius 2 is 2.12 bits per heavy atom. The number of aromatic nitrogens is 1. The molecular weight excluding hydrogens is 316 g/mol. The Labute approximate surface area is 151 Å². The summed E-state index contributed by atoms with van der Waals surface area (Å²) >= 11 is 0. The average molecular weight is 348 g/mol. The standard InChI is InChI=1S/C19H32N4O2/c1-3-4-5-6-8-16(2)22-19(24)21-15-17-9-7-10-20-18(17)23-11-13-25-14-12-23/h7,9-10,16H,3-6,8,11-15H2,1-2H3,(H2,21,22,24). The molecule has 0 spiro atoms. The molecule has 6 heteroatoms. The molecule has 2 amide bonds. The maximum Gasteiger partial charge on any atom is 0.315 e. The Morgan fingerprint density at radius 1 is 1.32 bits per heavy atom. The number of pyridine rings is 1. The first-order valence-corrected chi connectivity index (χ1v) is 9.51. The fraction of sp³-hybridized carbons (Fsp3) is 0.684. The molecule has 2 rings (SSSR count). The van der Waals surface area contributed by atoms with Crippen molar-refractivity contribution in [2.75, 3.05) is 31.2 Å². The van der Waals surface area contributed by atoms with E-state index in [1.807, 2.05) is 12.1 Å². The number of hydrogen-bond donors (Lipinski definition) is 2. The number of carbonyl (C=O) groups excluding carboxylic acids is 1. The lowest BCUT2D eigenvalue weighted by Crippen LogP contribution is -2.41. The first-order chi connectivity index (χ1) is 12.2. The van der Waals surface area contributed by atoms with Gasteiger partial charge >= 0.3 is 6.03 Å². The van der Waals surface area contributed by atoms with Crippen LogP contribution >= 0.6 is 0 Å². The van der Waals surface area contributed by atoms with Crippen molar-refractivity contribution in [1.29, 1.82) is 0 Å². The summed E-state index contributed by atoms with van der Waals surface area (Å²) in [5, 5.41) is 5.98. The van der Waals surface area contributed by atoms with Gasteiger partial charge in [0.15, 0.2) is 0 Å². The van der Waals surface area contributed by atoms with Gasteiger partial charge < -0.3 is 20.3 Å². The van der Waals surface area contributed by atoms with E-state index >= 15 is 0 Å². The molecule has 1 unspecified atom stereocenters. The third kappa shape index (κ3) is 6.90. The van der Waals surface area contributed by atoms with E-state index < -0.39 is 0 Å². The molecule has 0 radical (unpaired) electrons. The van der Waals surface area contributed by atoms with Crippen LogP contribution in [0.4, 0.5) is 10.6 Å². The molecule has 25 heavy (non-hydrogen) atoms. The van der Waals surface area contributed by atoms with Gasteiger partial charge in [-0.1, -0.05) is 38.7 Å². The van der Waals surface area contributed by atoms with Gasteiger partial charge in [-0.3, -0.25) is 0 Å². The third-order valence-electron chi connectivity index (χ3n) is 4.49. The predicted octanol–water partition coefficient (Wildman–Crippen LogP) is 3.08. The molecule has 140 valence electrons. The smallest absolute Gasteiger partial charge is 0.315 e. The number of nitrogens with zero attached hydrogens (tertiary/aromatic N) is 2. The number of anilines is 1. The minimum absolute atomic E-state index is 0.111. The van der Waals surface area contributed by atoms with Gasteiger partial charge in [-0.15, -0.1) is 0 Å². The van der Waals surface area contributed by atoms with Crippen molar-refractivity contribution < 1.29 is 9.53 Å². The fourth-order valence-electron chi connectivity index (χ4n) is 3.03.